The molecule has 1 saturated heterocycles. The van der Waals surface area contributed by atoms with E-state index in [1.807, 2.05) is 24.3 Å². The molecule has 0 spiro atoms. The van der Waals surface area contributed by atoms with Gasteiger partial charge in [-0.05, 0) is 41.8 Å². The van der Waals surface area contributed by atoms with Crippen LogP contribution in [0.15, 0.2) is 47.1 Å². The predicted molar refractivity (Wildman–Crippen MR) is 115 cm³/mol. The number of nitrogens with one attached hydrogen (secondary N) is 1. The molecule has 2 aromatic rings. The molecule has 0 aliphatic carbocycles. The summed E-state index contributed by atoms with van der Waals surface area (Å²) in [6, 6.07) is 12.2. The van der Waals surface area contributed by atoms with E-state index in [1.54, 1.807) is 13.4 Å². The fraction of sp³-hybridized carbons (Fsp3) is 0.522. The number of piperazine rings is 1. The molecular formula is C23H33N3O3. The molecule has 3 rings (SSSR count). The molecule has 0 bridgehead atoms. The van der Waals surface area contributed by atoms with Gasteiger partial charge in [-0.25, -0.2) is 0 Å². The van der Waals surface area contributed by atoms with E-state index < -0.39 is 0 Å². The van der Waals surface area contributed by atoms with Crippen molar-refractivity contribution in [1.29, 1.82) is 0 Å². The van der Waals surface area contributed by atoms with Gasteiger partial charge in [-0.1, -0.05) is 20.8 Å². The molecule has 6 heteroatoms. The summed E-state index contributed by atoms with van der Waals surface area (Å²) in [5, 5.41) is 3.11. The topological polar surface area (TPSA) is 58.0 Å². The van der Waals surface area contributed by atoms with Crippen LogP contribution in [0, 0.1) is 5.41 Å². The number of furan rings is 1. The lowest BCUT2D eigenvalue weighted by Gasteiger charge is -2.39. The monoisotopic (exact) mass is 399 g/mol. The number of methoxy groups -OCH3 is 1. The van der Waals surface area contributed by atoms with Crippen LogP contribution in [0.3, 0.4) is 0 Å². The summed E-state index contributed by atoms with van der Waals surface area (Å²) in [5.41, 5.74) is 1.19. The summed E-state index contributed by atoms with van der Waals surface area (Å²) < 4.78 is 10.9. The second-order valence-corrected chi connectivity index (χ2v) is 8.79. The van der Waals surface area contributed by atoms with E-state index in [-0.39, 0.29) is 17.4 Å². The molecule has 29 heavy (non-hydrogen) atoms. The highest BCUT2D eigenvalue weighted by molar-refractivity contribution is 5.76. The lowest BCUT2D eigenvalue weighted by atomic mass is 9.92. The van der Waals surface area contributed by atoms with Crippen molar-refractivity contribution in [3.8, 4) is 5.75 Å². The Morgan fingerprint density at radius 2 is 1.83 bits per heavy atom. The third-order valence-electron chi connectivity index (χ3n) is 5.25. The van der Waals surface area contributed by atoms with Gasteiger partial charge < -0.3 is 19.4 Å². The Labute approximate surface area is 173 Å². The van der Waals surface area contributed by atoms with Crippen LogP contribution in [-0.4, -0.2) is 50.6 Å². The molecule has 6 nitrogen and oxygen atoms in total. The summed E-state index contributed by atoms with van der Waals surface area (Å²) >= 11 is 0. The van der Waals surface area contributed by atoms with Gasteiger partial charge >= 0.3 is 0 Å². The molecule has 1 aliphatic heterocycles. The number of nitrogens with zero attached hydrogens (tertiary/aromatic N) is 2. The number of hydrogen-bond acceptors (Lipinski definition) is 5. The maximum Gasteiger partial charge on any atom is 0.220 e. The Kier molecular flexibility index (Phi) is 6.85. The van der Waals surface area contributed by atoms with Crippen molar-refractivity contribution in [2.75, 3.05) is 44.7 Å². The molecule has 0 radical (unpaired) electrons. The number of hydrogen-bond donors (Lipinski definition) is 1. The van der Waals surface area contributed by atoms with Crippen molar-refractivity contribution in [1.82, 2.24) is 10.2 Å². The van der Waals surface area contributed by atoms with Crippen molar-refractivity contribution in [3.63, 3.8) is 0 Å². The minimum absolute atomic E-state index is 0.0196. The SMILES string of the molecule is COc1ccc(N2CCN(C(CNC(=O)CC(C)(C)C)c3ccco3)CC2)cc1. The average Bonchev–Trinajstić information content (AvgIpc) is 3.22. The van der Waals surface area contributed by atoms with Crippen molar-refractivity contribution < 1.29 is 13.9 Å². The van der Waals surface area contributed by atoms with E-state index in [0.29, 0.717) is 13.0 Å². The second-order valence-electron chi connectivity index (χ2n) is 8.79. The number of rotatable bonds is 7. The first-order valence-electron chi connectivity index (χ1n) is 10.3. The Hall–Kier alpha value is -2.47. The molecule has 1 aromatic carbocycles. The van der Waals surface area contributed by atoms with Crippen LogP contribution in [0.25, 0.3) is 0 Å². The van der Waals surface area contributed by atoms with Crippen molar-refractivity contribution in [2.24, 2.45) is 5.41 Å². The zero-order valence-electron chi connectivity index (χ0n) is 18.0. The standard InChI is InChI=1S/C23H33N3O3/c1-23(2,3)16-22(27)24-17-20(21-6-5-15-29-21)26-13-11-25(12-14-26)18-7-9-19(28-4)10-8-18/h5-10,15,20H,11-14,16-17H2,1-4H3,(H,24,27). The first-order valence-corrected chi connectivity index (χ1v) is 10.3. The third kappa shape index (κ3) is 6.00. The lowest BCUT2D eigenvalue weighted by Crippen LogP contribution is -2.50. The summed E-state index contributed by atoms with van der Waals surface area (Å²) in [6.07, 6.45) is 2.22. The highest BCUT2D eigenvalue weighted by Crippen LogP contribution is 2.26. The maximum atomic E-state index is 12.3. The minimum atomic E-state index is -0.0196. The number of anilines is 1. The van der Waals surface area contributed by atoms with Gasteiger partial charge in [0.25, 0.3) is 0 Å². The van der Waals surface area contributed by atoms with E-state index in [1.165, 1.54) is 5.69 Å². The average molecular weight is 400 g/mol. The van der Waals surface area contributed by atoms with Gasteiger partial charge in [0.05, 0.1) is 19.4 Å². The highest BCUT2D eigenvalue weighted by Gasteiger charge is 2.28. The van der Waals surface area contributed by atoms with Crippen LogP contribution in [-0.2, 0) is 4.79 Å². The Bertz CT molecular complexity index is 758. The smallest absolute Gasteiger partial charge is 0.220 e. The van der Waals surface area contributed by atoms with E-state index in [9.17, 15) is 4.79 Å². The highest BCUT2D eigenvalue weighted by atomic mass is 16.5. The van der Waals surface area contributed by atoms with E-state index in [4.69, 9.17) is 9.15 Å². The lowest BCUT2D eigenvalue weighted by molar-refractivity contribution is -0.123. The van der Waals surface area contributed by atoms with E-state index in [2.05, 4.69) is 48.0 Å². The summed E-state index contributed by atoms with van der Waals surface area (Å²) in [6.45, 7) is 10.5. The largest absolute Gasteiger partial charge is 0.497 e. The van der Waals surface area contributed by atoms with Crippen LogP contribution in [0.1, 0.15) is 39.0 Å². The molecule has 1 amide bonds. The predicted octanol–water partition coefficient (Wildman–Crippen LogP) is 3.70. The van der Waals surface area contributed by atoms with Crippen molar-refractivity contribution in [2.45, 2.75) is 33.2 Å². The quantitative estimate of drug-likeness (QED) is 0.769. The van der Waals surface area contributed by atoms with Gasteiger partial charge in [-0.3, -0.25) is 9.69 Å². The van der Waals surface area contributed by atoms with Crippen LogP contribution < -0.4 is 15.0 Å². The molecule has 0 saturated carbocycles. The summed E-state index contributed by atoms with van der Waals surface area (Å²) in [7, 11) is 1.68. The number of amides is 1. The molecule has 1 atom stereocenters. The van der Waals surface area contributed by atoms with E-state index >= 15 is 0 Å². The van der Waals surface area contributed by atoms with Crippen molar-refractivity contribution >= 4 is 11.6 Å². The summed E-state index contributed by atoms with van der Waals surface area (Å²) in [5.74, 6) is 1.86. The molecule has 1 aromatic heterocycles. The van der Waals surface area contributed by atoms with Crippen LogP contribution in [0.2, 0.25) is 0 Å². The van der Waals surface area contributed by atoms with Crippen LogP contribution in [0.5, 0.6) is 5.75 Å². The fourth-order valence-electron chi connectivity index (χ4n) is 3.73. The zero-order valence-corrected chi connectivity index (χ0v) is 18.0. The minimum Gasteiger partial charge on any atom is -0.497 e. The molecule has 158 valence electrons. The molecule has 1 fully saturated rings. The molecule has 1 N–H and O–H groups in total. The zero-order chi connectivity index (χ0) is 20.9. The van der Waals surface area contributed by atoms with Gasteiger partial charge in [-0.2, -0.15) is 0 Å². The Balaban J connectivity index is 1.60. The number of carbonyl (C=O) groups excluding carboxylic acids is 1. The number of ether oxygens (including phenoxy) is 1. The van der Waals surface area contributed by atoms with Gasteiger partial charge in [0.1, 0.15) is 11.5 Å². The maximum absolute atomic E-state index is 12.3. The molecule has 1 unspecified atom stereocenters. The molecule has 2 heterocycles. The van der Waals surface area contributed by atoms with Crippen LogP contribution in [0.4, 0.5) is 5.69 Å². The molecule has 1 aliphatic rings. The van der Waals surface area contributed by atoms with Gasteiger partial charge in [0.2, 0.25) is 5.91 Å². The third-order valence-corrected chi connectivity index (χ3v) is 5.25. The van der Waals surface area contributed by atoms with E-state index in [0.717, 1.165) is 37.7 Å². The fourth-order valence-corrected chi connectivity index (χ4v) is 3.73. The number of carbonyl (C=O) groups is 1. The van der Waals surface area contributed by atoms with Gasteiger partial charge in [-0.15, -0.1) is 0 Å². The van der Waals surface area contributed by atoms with Gasteiger partial charge in [0.15, 0.2) is 0 Å². The first-order chi connectivity index (χ1) is 13.9. The Morgan fingerprint density at radius 1 is 1.14 bits per heavy atom. The second kappa shape index (κ2) is 9.35. The van der Waals surface area contributed by atoms with Crippen LogP contribution >= 0.6 is 0 Å². The van der Waals surface area contributed by atoms with Crippen molar-refractivity contribution in [3.05, 3.63) is 48.4 Å². The number of benzene rings is 1. The first kappa shape index (κ1) is 21.2. The summed E-state index contributed by atoms with van der Waals surface area (Å²) in [4.78, 5) is 17.1. The van der Waals surface area contributed by atoms with Gasteiger partial charge in [0, 0.05) is 44.8 Å². The molecular weight excluding hydrogens is 366 g/mol. The normalized spacial score (nSPS) is 16.5. The Morgan fingerprint density at radius 3 is 2.38 bits per heavy atom.